The number of carbonyl (C=O) groups is 3. The SMILES string of the molecule is CCCCC(=O)Nc1ccc(-c2ccc(C(=O)[C@@H]3C[C@H]3C(=O)OC)cc2)cc1. The molecule has 1 aliphatic carbocycles. The number of unbranched alkanes of at least 4 members (excludes halogenated alkanes) is 1. The van der Waals surface area contributed by atoms with Crippen LogP contribution < -0.4 is 5.32 Å². The second-order valence-electron chi connectivity index (χ2n) is 7.14. The molecule has 1 aliphatic rings. The van der Waals surface area contributed by atoms with Gasteiger partial charge in [0.15, 0.2) is 5.78 Å². The van der Waals surface area contributed by atoms with Gasteiger partial charge in [-0.3, -0.25) is 14.4 Å². The standard InChI is InChI=1S/C23H25NO4/c1-3-4-5-21(25)24-18-12-10-16(11-13-18)15-6-8-17(9-7-15)22(26)19-14-20(19)23(27)28-2/h6-13,19-20H,3-5,14H2,1-2H3,(H,24,25)/t19-,20-/m1/s1. The average Bonchev–Trinajstić information content (AvgIpc) is 3.53. The van der Waals surface area contributed by atoms with Crippen LogP contribution in [-0.2, 0) is 14.3 Å². The van der Waals surface area contributed by atoms with E-state index in [2.05, 4.69) is 12.2 Å². The minimum Gasteiger partial charge on any atom is -0.469 e. The number of anilines is 1. The van der Waals surface area contributed by atoms with Gasteiger partial charge >= 0.3 is 5.97 Å². The van der Waals surface area contributed by atoms with Crippen LogP contribution in [0.15, 0.2) is 48.5 Å². The van der Waals surface area contributed by atoms with E-state index in [1.54, 1.807) is 12.1 Å². The number of Topliss-reactive ketones (excluding diaryl/α,β-unsaturated/α-hetero) is 1. The summed E-state index contributed by atoms with van der Waals surface area (Å²) >= 11 is 0. The van der Waals surface area contributed by atoms with Gasteiger partial charge in [-0.05, 0) is 36.1 Å². The maximum Gasteiger partial charge on any atom is 0.309 e. The van der Waals surface area contributed by atoms with E-state index < -0.39 is 0 Å². The quantitative estimate of drug-likeness (QED) is 0.542. The molecular weight excluding hydrogens is 354 g/mol. The topological polar surface area (TPSA) is 72.5 Å². The van der Waals surface area contributed by atoms with Crippen LogP contribution in [0.1, 0.15) is 43.0 Å². The van der Waals surface area contributed by atoms with Crippen molar-refractivity contribution in [1.82, 2.24) is 0 Å². The summed E-state index contributed by atoms with van der Waals surface area (Å²) in [6.07, 6.45) is 2.98. The van der Waals surface area contributed by atoms with Crippen molar-refractivity contribution < 1.29 is 19.1 Å². The summed E-state index contributed by atoms with van der Waals surface area (Å²) in [6.45, 7) is 2.06. The number of carbonyl (C=O) groups excluding carboxylic acids is 3. The molecule has 0 aromatic heterocycles. The fourth-order valence-electron chi connectivity index (χ4n) is 3.24. The van der Waals surface area contributed by atoms with E-state index in [1.807, 2.05) is 36.4 Å². The molecule has 1 amide bonds. The van der Waals surface area contributed by atoms with E-state index in [0.717, 1.165) is 29.7 Å². The van der Waals surface area contributed by atoms with Crippen LogP contribution in [0.25, 0.3) is 11.1 Å². The van der Waals surface area contributed by atoms with E-state index in [4.69, 9.17) is 4.74 Å². The fourth-order valence-corrected chi connectivity index (χ4v) is 3.24. The van der Waals surface area contributed by atoms with E-state index in [1.165, 1.54) is 7.11 Å². The van der Waals surface area contributed by atoms with Gasteiger partial charge in [-0.15, -0.1) is 0 Å². The molecule has 0 saturated heterocycles. The van der Waals surface area contributed by atoms with Crippen molar-refractivity contribution >= 4 is 23.3 Å². The summed E-state index contributed by atoms with van der Waals surface area (Å²) in [5.41, 5.74) is 3.38. The van der Waals surface area contributed by atoms with Crippen molar-refractivity contribution in [2.24, 2.45) is 11.8 Å². The van der Waals surface area contributed by atoms with Crippen LogP contribution in [0.5, 0.6) is 0 Å². The number of ether oxygens (including phenoxy) is 1. The molecule has 2 aromatic rings. The molecule has 3 rings (SSSR count). The highest BCUT2D eigenvalue weighted by Crippen LogP contribution is 2.42. The zero-order valence-corrected chi connectivity index (χ0v) is 16.2. The van der Waals surface area contributed by atoms with E-state index in [0.29, 0.717) is 18.4 Å². The molecule has 0 radical (unpaired) electrons. The Morgan fingerprint density at radius 1 is 0.964 bits per heavy atom. The Bertz CT molecular complexity index is 855. The molecule has 2 atom stereocenters. The molecule has 28 heavy (non-hydrogen) atoms. The highest BCUT2D eigenvalue weighted by atomic mass is 16.5. The number of benzene rings is 2. The van der Waals surface area contributed by atoms with Gasteiger partial charge < -0.3 is 10.1 Å². The molecule has 0 aliphatic heterocycles. The van der Waals surface area contributed by atoms with Gasteiger partial charge in [-0.2, -0.15) is 0 Å². The highest BCUT2D eigenvalue weighted by molar-refractivity contribution is 6.03. The van der Waals surface area contributed by atoms with Crippen LogP contribution in [0.4, 0.5) is 5.69 Å². The molecule has 0 bridgehead atoms. The van der Waals surface area contributed by atoms with Gasteiger partial charge in [0.05, 0.1) is 13.0 Å². The Labute approximate surface area is 165 Å². The molecule has 5 heteroatoms. The van der Waals surface area contributed by atoms with E-state index in [9.17, 15) is 14.4 Å². The van der Waals surface area contributed by atoms with Gasteiger partial charge in [0.1, 0.15) is 0 Å². The van der Waals surface area contributed by atoms with E-state index >= 15 is 0 Å². The molecule has 1 saturated carbocycles. The zero-order valence-electron chi connectivity index (χ0n) is 16.2. The lowest BCUT2D eigenvalue weighted by atomic mass is 10.0. The molecule has 1 N–H and O–H groups in total. The lowest BCUT2D eigenvalue weighted by Gasteiger charge is -2.07. The van der Waals surface area contributed by atoms with Crippen molar-refractivity contribution in [2.45, 2.75) is 32.6 Å². The zero-order chi connectivity index (χ0) is 20.1. The minimum absolute atomic E-state index is 0.00732. The van der Waals surface area contributed by atoms with Crippen LogP contribution >= 0.6 is 0 Å². The third kappa shape index (κ3) is 4.66. The molecular formula is C23H25NO4. The molecule has 0 unspecified atom stereocenters. The Hall–Kier alpha value is -2.95. The van der Waals surface area contributed by atoms with Gasteiger partial charge in [0, 0.05) is 23.6 Å². The van der Waals surface area contributed by atoms with Crippen LogP contribution in [-0.4, -0.2) is 24.8 Å². The largest absolute Gasteiger partial charge is 0.469 e. The maximum atomic E-state index is 12.5. The monoisotopic (exact) mass is 379 g/mol. The Morgan fingerprint density at radius 3 is 2.14 bits per heavy atom. The molecule has 1 fully saturated rings. The molecule has 5 nitrogen and oxygen atoms in total. The lowest BCUT2D eigenvalue weighted by Crippen LogP contribution is -2.10. The smallest absolute Gasteiger partial charge is 0.309 e. The number of hydrogen-bond donors (Lipinski definition) is 1. The van der Waals surface area contributed by atoms with Gasteiger partial charge in [-0.25, -0.2) is 0 Å². The average molecular weight is 379 g/mol. The van der Waals surface area contributed by atoms with Gasteiger partial charge in [0.25, 0.3) is 0 Å². The Morgan fingerprint density at radius 2 is 1.57 bits per heavy atom. The fraction of sp³-hybridized carbons (Fsp3) is 0.348. The summed E-state index contributed by atoms with van der Waals surface area (Å²) in [5, 5.41) is 2.90. The molecule has 2 aromatic carbocycles. The number of methoxy groups -OCH3 is 1. The first-order valence-electron chi connectivity index (χ1n) is 9.66. The molecule has 146 valence electrons. The van der Waals surface area contributed by atoms with Crippen LogP contribution in [0.2, 0.25) is 0 Å². The normalized spacial score (nSPS) is 17.6. The minimum atomic E-state index is -0.308. The molecule has 0 spiro atoms. The summed E-state index contributed by atoms with van der Waals surface area (Å²) in [6, 6.07) is 15.0. The van der Waals surface area contributed by atoms with Crippen molar-refractivity contribution in [3.05, 3.63) is 54.1 Å². The summed E-state index contributed by atoms with van der Waals surface area (Å²) < 4.78 is 4.70. The first kappa shape index (κ1) is 19.8. The van der Waals surface area contributed by atoms with Crippen molar-refractivity contribution in [1.29, 1.82) is 0 Å². The summed E-state index contributed by atoms with van der Waals surface area (Å²) in [7, 11) is 1.35. The number of esters is 1. The van der Waals surface area contributed by atoms with Crippen LogP contribution in [0.3, 0.4) is 0 Å². The number of amides is 1. The molecule has 0 heterocycles. The number of hydrogen-bond acceptors (Lipinski definition) is 4. The lowest BCUT2D eigenvalue weighted by molar-refractivity contribution is -0.142. The predicted octanol–water partition coefficient (Wildman–Crippen LogP) is 4.47. The first-order chi connectivity index (χ1) is 13.5. The van der Waals surface area contributed by atoms with Crippen molar-refractivity contribution in [3.63, 3.8) is 0 Å². The maximum absolute atomic E-state index is 12.5. The second-order valence-corrected chi connectivity index (χ2v) is 7.14. The summed E-state index contributed by atoms with van der Waals surface area (Å²) in [5.74, 6) is -0.835. The van der Waals surface area contributed by atoms with E-state index in [-0.39, 0.29) is 29.5 Å². The second kappa shape index (κ2) is 8.83. The van der Waals surface area contributed by atoms with Crippen LogP contribution in [0, 0.1) is 11.8 Å². The number of ketones is 1. The third-order valence-corrected chi connectivity index (χ3v) is 5.06. The Balaban J connectivity index is 1.61. The third-order valence-electron chi connectivity index (χ3n) is 5.06. The highest BCUT2D eigenvalue weighted by Gasteiger charge is 2.48. The predicted molar refractivity (Wildman–Crippen MR) is 108 cm³/mol. The first-order valence-corrected chi connectivity index (χ1v) is 9.66. The van der Waals surface area contributed by atoms with Gasteiger partial charge in [0.2, 0.25) is 5.91 Å². The van der Waals surface area contributed by atoms with Crippen molar-refractivity contribution in [3.8, 4) is 11.1 Å². The van der Waals surface area contributed by atoms with Crippen molar-refractivity contribution in [2.75, 3.05) is 12.4 Å². The number of nitrogens with one attached hydrogen (secondary N) is 1. The Kier molecular flexibility index (Phi) is 6.24. The number of rotatable bonds is 8. The summed E-state index contributed by atoms with van der Waals surface area (Å²) in [4.78, 5) is 35.8. The van der Waals surface area contributed by atoms with Gasteiger partial charge in [-0.1, -0.05) is 49.7 Å².